The molecule has 0 aliphatic rings. The van der Waals surface area contributed by atoms with Gasteiger partial charge in [0.25, 0.3) is 0 Å². The van der Waals surface area contributed by atoms with Gasteiger partial charge in [-0.2, -0.15) is 0 Å². The molecule has 32 heavy (non-hydrogen) atoms. The van der Waals surface area contributed by atoms with Crippen LogP contribution in [-0.2, 0) is 19.6 Å². The zero-order valence-electron chi connectivity index (χ0n) is 18.2. The van der Waals surface area contributed by atoms with Crippen LogP contribution in [-0.4, -0.2) is 6.04 Å². The number of hydrogen-bond acceptors (Lipinski definition) is 2. The summed E-state index contributed by atoms with van der Waals surface area (Å²) in [6.07, 6.45) is 2.14. The number of benzene rings is 4. The molecule has 164 valence electrons. The van der Waals surface area contributed by atoms with Crippen molar-refractivity contribution >= 4 is 34.0 Å². The number of halogens is 2. The van der Waals surface area contributed by atoms with Gasteiger partial charge in [0.15, 0.2) is 0 Å². The molecule has 1 atom stereocenters. The van der Waals surface area contributed by atoms with E-state index in [-0.39, 0.29) is 0 Å². The summed E-state index contributed by atoms with van der Waals surface area (Å²) in [6, 6.07) is 29.2. The molecule has 0 radical (unpaired) electrons. The fraction of sp³-hybridized carbons (Fsp3) is 0.214. The van der Waals surface area contributed by atoms with Gasteiger partial charge in [0, 0.05) is 18.2 Å². The standard InChI is InChI=1S/C28H27Cl2NO/c1-20(11-12-21-7-3-2-4-8-21)31-18-25-24-10-6-5-9-23(24)14-16-28(25)32-19-22-13-15-26(29)27(30)17-22/h2-10,13-17,20,31H,11-12,18-19H2,1H3. The molecule has 0 spiro atoms. The molecular formula is C28H27Cl2NO. The summed E-state index contributed by atoms with van der Waals surface area (Å²) in [4.78, 5) is 0. The van der Waals surface area contributed by atoms with Crippen LogP contribution in [0.3, 0.4) is 0 Å². The van der Waals surface area contributed by atoms with Gasteiger partial charge in [-0.1, -0.05) is 89.9 Å². The van der Waals surface area contributed by atoms with Crippen molar-refractivity contribution in [1.29, 1.82) is 0 Å². The quantitative estimate of drug-likeness (QED) is 0.273. The lowest BCUT2D eigenvalue weighted by Crippen LogP contribution is -2.26. The first kappa shape index (κ1) is 22.7. The Morgan fingerprint density at radius 1 is 0.812 bits per heavy atom. The van der Waals surface area contributed by atoms with Crippen LogP contribution >= 0.6 is 23.2 Å². The van der Waals surface area contributed by atoms with Gasteiger partial charge in [0.1, 0.15) is 12.4 Å². The number of rotatable bonds is 9. The van der Waals surface area contributed by atoms with Gasteiger partial charge >= 0.3 is 0 Å². The minimum absolute atomic E-state index is 0.386. The number of hydrogen-bond donors (Lipinski definition) is 1. The lowest BCUT2D eigenvalue weighted by Gasteiger charge is -2.18. The lowest BCUT2D eigenvalue weighted by molar-refractivity contribution is 0.302. The normalized spacial score (nSPS) is 12.1. The Bertz CT molecular complexity index is 1180. The van der Waals surface area contributed by atoms with Crippen molar-refractivity contribution in [2.24, 2.45) is 0 Å². The van der Waals surface area contributed by atoms with E-state index < -0.39 is 0 Å². The Morgan fingerprint density at radius 2 is 1.59 bits per heavy atom. The fourth-order valence-corrected chi connectivity index (χ4v) is 4.15. The van der Waals surface area contributed by atoms with Crippen LogP contribution in [0.2, 0.25) is 10.0 Å². The Balaban J connectivity index is 1.47. The first-order valence-electron chi connectivity index (χ1n) is 10.9. The Labute approximate surface area is 200 Å². The molecule has 1 N–H and O–H groups in total. The minimum atomic E-state index is 0.386. The van der Waals surface area contributed by atoms with Crippen LogP contribution in [0.5, 0.6) is 5.75 Å². The molecule has 0 saturated heterocycles. The summed E-state index contributed by atoms with van der Waals surface area (Å²) in [5.41, 5.74) is 3.54. The van der Waals surface area contributed by atoms with E-state index in [1.165, 1.54) is 21.9 Å². The summed E-state index contributed by atoms with van der Waals surface area (Å²) in [5, 5.41) is 7.21. The van der Waals surface area contributed by atoms with Gasteiger partial charge in [-0.05, 0) is 59.9 Å². The first-order valence-corrected chi connectivity index (χ1v) is 11.7. The van der Waals surface area contributed by atoms with Crippen molar-refractivity contribution in [2.45, 2.75) is 39.0 Å². The Hall–Kier alpha value is -2.52. The van der Waals surface area contributed by atoms with Crippen molar-refractivity contribution in [3.8, 4) is 5.75 Å². The highest BCUT2D eigenvalue weighted by Crippen LogP contribution is 2.30. The van der Waals surface area contributed by atoms with Crippen LogP contribution in [0, 0.1) is 0 Å². The van der Waals surface area contributed by atoms with Crippen LogP contribution in [0.1, 0.15) is 30.0 Å². The Morgan fingerprint density at radius 3 is 2.41 bits per heavy atom. The maximum atomic E-state index is 6.25. The van der Waals surface area contributed by atoms with E-state index in [9.17, 15) is 0 Å². The number of nitrogens with one attached hydrogen (secondary N) is 1. The zero-order chi connectivity index (χ0) is 22.3. The largest absolute Gasteiger partial charge is 0.489 e. The minimum Gasteiger partial charge on any atom is -0.489 e. The van der Waals surface area contributed by atoms with E-state index in [1.54, 1.807) is 6.07 Å². The second-order valence-corrected chi connectivity index (χ2v) is 8.92. The van der Waals surface area contributed by atoms with Gasteiger partial charge < -0.3 is 10.1 Å². The van der Waals surface area contributed by atoms with E-state index in [4.69, 9.17) is 27.9 Å². The lowest BCUT2D eigenvalue weighted by atomic mass is 10.0. The highest BCUT2D eigenvalue weighted by molar-refractivity contribution is 6.42. The molecule has 0 fully saturated rings. The molecule has 4 rings (SSSR count). The topological polar surface area (TPSA) is 21.3 Å². The van der Waals surface area contributed by atoms with Crippen LogP contribution < -0.4 is 10.1 Å². The summed E-state index contributed by atoms with van der Waals surface area (Å²) in [7, 11) is 0. The SMILES string of the molecule is CC(CCc1ccccc1)NCc1c(OCc2ccc(Cl)c(Cl)c2)ccc2ccccc12. The first-order chi connectivity index (χ1) is 15.6. The third-order valence-corrected chi connectivity index (χ3v) is 6.45. The molecule has 0 amide bonds. The molecule has 0 aliphatic carbocycles. The average Bonchev–Trinajstić information content (AvgIpc) is 2.83. The van der Waals surface area contributed by atoms with Gasteiger partial charge in [-0.25, -0.2) is 0 Å². The number of ether oxygens (including phenoxy) is 1. The summed E-state index contributed by atoms with van der Waals surface area (Å²) >= 11 is 12.2. The van der Waals surface area contributed by atoms with Crippen LogP contribution in [0.25, 0.3) is 10.8 Å². The summed E-state index contributed by atoms with van der Waals surface area (Å²) in [5.74, 6) is 0.887. The van der Waals surface area contributed by atoms with Crippen molar-refractivity contribution in [3.05, 3.63) is 112 Å². The van der Waals surface area contributed by atoms with E-state index in [2.05, 4.69) is 79.0 Å². The molecule has 0 bridgehead atoms. The van der Waals surface area contributed by atoms with E-state index in [0.29, 0.717) is 22.7 Å². The molecule has 0 aromatic heterocycles. The van der Waals surface area contributed by atoms with Crippen molar-refractivity contribution < 1.29 is 4.74 Å². The smallest absolute Gasteiger partial charge is 0.124 e. The van der Waals surface area contributed by atoms with Gasteiger partial charge in [-0.15, -0.1) is 0 Å². The van der Waals surface area contributed by atoms with Crippen molar-refractivity contribution in [3.63, 3.8) is 0 Å². The molecule has 1 unspecified atom stereocenters. The predicted molar refractivity (Wildman–Crippen MR) is 136 cm³/mol. The van der Waals surface area contributed by atoms with E-state index >= 15 is 0 Å². The van der Waals surface area contributed by atoms with E-state index in [0.717, 1.165) is 30.7 Å². The zero-order valence-corrected chi connectivity index (χ0v) is 19.7. The van der Waals surface area contributed by atoms with Gasteiger partial charge in [0.05, 0.1) is 10.0 Å². The highest BCUT2D eigenvalue weighted by atomic mass is 35.5. The predicted octanol–water partition coefficient (Wildman–Crippen LogP) is 7.84. The Kier molecular flexibility index (Phi) is 7.70. The third-order valence-electron chi connectivity index (χ3n) is 5.71. The van der Waals surface area contributed by atoms with E-state index in [1.807, 2.05) is 12.1 Å². The van der Waals surface area contributed by atoms with Crippen LogP contribution in [0.15, 0.2) is 84.9 Å². The van der Waals surface area contributed by atoms with Crippen LogP contribution in [0.4, 0.5) is 0 Å². The van der Waals surface area contributed by atoms with Crippen molar-refractivity contribution in [2.75, 3.05) is 0 Å². The maximum absolute atomic E-state index is 6.25. The molecule has 4 aromatic carbocycles. The van der Waals surface area contributed by atoms with Gasteiger partial charge in [0.2, 0.25) is 0 Å². The van der Waals surface area contributed by atoms with Gasteiger partial charge in [-0.3, -0.25) is 0 Å². The third kappa shape index (κ3) is 5.83. The number of fused-ring (bicyclic) bond motifs is 1. The molecule has 0 heterocycles. The molecule has 4 heteroatoms. The molecule has 0 saturated carbocycles. The molecule has 4 aromatic rings. The number of aryl methyl sites for hydroxylation is 1. The second kappa shape index (κ2) is 10.9. The highest BCUT2D eigenvalue weighted by Gasteiger charge is 2.11. The fourth-order valence-electron chi connectivity index (χ4n) is 3.83. The maximum Gasteiger partial charge on any atom is 0.124 e. The average molecular weight is 464 g/mol. The summed E-state index contributed by atoms with van der Waals surface area (Å²) in [6.45, 7) is 3.42. The van der Waals surface area contributed by atoms with Crippen molar-refractivity contribution in [1.82, 2.24) is 5.32 Å². The molecule has 2 nitrogen and oxygen atoms in total. The second-order valence-electron chi connectivity index (χ2n) is 8.11. The molecular weight excluding hydrogens is 437 g/mol. The monoisotopic (exact) mass is 463 g/mol. The summed E-state index contributed by atoms with van der Waals surface area (Å²) < 4.78 is 6.25. The molecule has 0 aliphatic heterocycles.